The Bertz CT molecular complexity index is 357. The molecule has 0 heterocycles. The molecule has 1 rings (SSSR count). The molecular formula is C8H8Cl2N2O2. The van der Waals surface area contributed by atoms with Crippen LogP contribution in [0.25, 0.3) is 0 Å². The molecule has 3 N–H and O–H groups in total. The summed E-state index contributed by atoms with van der Waals surface area (Å²) in [4.78, 5) is 11.3. The summed E-state index contributed by atoms with van der Waals surface area (Å²) in [5.41, 5.74) is 5.87. The van der Waals surface area contributed by atoms with Crippen LogP contribution in [0.5, 0.6) is 0 Å². The number of hydrogen-bond acceptors (Lipinski definition) is 3. The number of hydroxylamine groups is 2. The summed E-state index contributed by atoms with van der Waals surface area (Å²) in [5.74, 6) is -0.603. The van der Waals surface area contributed by atoms with Gasteiger partial charge in [0.2, 0.25) is 0 Å². The van der Waals surface area contributed by atoms with Gasteiger partial charge in [-0.3, -0.25) is 10.0 Å². The zero-order valence-electron chi connectivity index (χ0n) is 7.29. The Morgan fingerprint density at radius 2 is 1.86 bits per heavy atom. The molecule has 6 heteroatoms. The van der Waals surface area contributed by atoms with Gasteiger partial charge >= 0.3 is 0 Å². The fraction of sp³-hybridized carbons (Fsp3) is 0.125. The third-order valence-electron chi connectivity index (χ3n) is 1.62. The Morgan fingerprint density at radius 3 is 2.21 bits per heavy atom. The molecule has 0 aliphatic heterocycles. The first-order chi connectivity index (χ1) is 6.43. The van der Waals surface area contributed by atoms with Gasteiger partial charge in [0.05, 0.1) is 15.7 Å². The van der Waals surface area contributed by atoms with E-state index in [1.54, 1.807) is 0 Å². The first kappa shape index (κ1) is 11.1. The quantitative estimate of drug-likeness (QED) is 0.444. The standard InChI is InChI=1S/C8H8Cl2N2O2/c1-12(14)8(13)4-2-5(9)7(11)6(10)3-4/h2-3,14H,11H2,1H3. The SMILES string of the molecule is CN(O)C(=O)c1cc(Cl)c(N)c(Cl)c1. The summed E-state index contributed by atoms with van der Waals surface area (Å²) < 4.78 is 0. The van der Waals surface area contributed by atoms with Crippen LogP contribution in [0.3, 0.4) is 0 Å². The molecular weight excluding hydrogens is 227 g/mol. The molecule has 0 saturated carbocycles. The van der Waals surface area contributed by atoms with Crippen molar-refractivity contribution in [3.05, 3.63) is 27.7 Å². The maximum absolute atomic E-state index is 11.3. The van der Waals surface area contributed by atoms with E-state index >= 15 is 0 Å². The van der Waals surface area contributed by atoms with Crippen molar-refractivity contribution in [1.29, 1.82) is 0 Å². The number of amides is 1. The maximum atomic E-state index is 11.3. The molecule has 0 unspecified atom stereocenters. The Balaban J connectivity index is 3.19. The molecule has 1 aromatic rings. The average Bonchev–Trinajstić information content (AvgIpc) is 2.12. The molecule has 0 saturated heterocycles. The van der Waals surface area contributed by atoms with Crippen molar-refractivity contribution in [3.8, 4) is 0 Å². The van der Waals surface area contributed by atoms with Gasteiger partial charge in [-0.1, -0.05) is 23.2 Å². The number of nitrogens with two attached hydrogens (primary N) is 1. The van der Waals surface area contributed by atoms with Crippen LogP contribution in [0, 0.1) is 0 Å². The number of nitrogen functional groups attached to an aromatic ring is 1. The second kappa shape index (κ2) is 4.04. The molecule has 0 spiro atoms. The highest BCUT2D eigenvalue weighted by atomic mass is 35.5. The van der Waals surface area contributed by atoms with E-state index in [1.165, 1.54) is 19.2 Å². The molecule has 0 atom stereocenters. The number of nitrogens with zero attached hydrogens (tertiary/aromatic N) is 1. The van der Waals surface area contributed by atoms with Gasteiger partial charge in [0.15, 0.2) is 0 Å². The fourth-order valence-corrected chi connectivity index (χ4v) is 1.38. The molecule has 0 aliphatic rings. The number of carbonyl (C=O) groups is 1. The lowest BCUT2D eigenvalue weighted by molar-refractivity contribution is -0.0374. The molecule has 0 bridgehead atoms. The van der Waals surface area contributed by atoms with Gasteiger partial charge in [0.1, 0.15) is 0 Å². The van der Waals surface area contributed by atoms with Gasteiger partial charge in [-0.15, -0.1) is 0 Å². The highest BCUT2D eigenvalue weighted by molar-refractivity contribution is 6.39. The number of anilines is 1. The summed E-state index contributed by atoms with van der Waals surface area (Å²) in [6, 6.07) is 2.69. The summed E-state index contributed by atoms with van der Waals surface area (Å²) in [6.07, 6.45) is 0. The number of rotatable bonds is 1. The van der Waals surface area contributed by atoms with Crippen molar-refractivity contribution >= 4 is 34.8 Å². The minimum absolute atomic E-state index is 0.180. The molecule has 14 heavy (non-hydrogen) atoms. The normalized spacial score (nSPS) is 10.0. The van der Waals surface area contributed by atoms with Gasteiger partial charge in [-0.05, 0) is 12.1 Å². The molecule has 0 aliphatic carbocycles. The Labute approximate surface area is 90.8 Å². The van der Waals surface area contributed by atoms with Crippen LogP contribution in [0.15, 0.2) is 12.1 Å². The first-order valence-corrected chi connectivity index (χ1v) is 4.40. The number of carbonyl (C=O) groups excluding carboxylic acids is 1. The summed E-state index contributed by atoms with van der Waals surface area (Å²) in [6.45, 7) is 0. The first-order valence-electron chi connectivity index (χ1n) is 3.65. The van der Waals surface area contributed by atoms with Crippen LogP contribution in [0.4, 0.5) is 5.69 Å². The molecule has 0 radical (unpaired) electrons. The van der Waals surface area contributed by atoms with Crippen LogP contribution >= 0.6 is 23.2 Å². The smallest absolute Gasteiger partial charge is 0.277 e. The van der Waals surface area contributed by atoms with E-state index in [1.807, 2.05) is 0 Å². The van der Waals surface area contributed by atoms with Gasteiger partial charge < -0.3 is 5.73 Å². The summed E-state index contributed by atoms with van der Waals surface area (Å²) in [5, 5.41) is 9.70. The lowest BCUT2D eigenvalue weighted by Gasteiger charge is -2.10. The highest BCUT2D eigenvalue weighted by Gasteiger charge is 2.13. The monoisotopic (exact) mass is 234 g/mol. The lowest BCUT2D eigenvalue weighted by atomic mass is 10.2. The maximum Gasteiger partial charge on any atom is 0.277 e. The third-order valence-corrected chi connectivity index (χ3v) is 2.25. The predicted octanol–water partition coefficient (Wildman–Crippen LogP) is 2.04. The number of benzene rings is 1. The van der Waals surface area contributed by atoms with E-state index in [0.29, 0.717) is 5.06 Å². The molecule has 0 aromatic heterocycles. The minimum atomic E-state index is -0.603. The van der Waals surface area contributed by atoms with Crippen molar-refractivity contribution in [1.82, 2.24) is 5.06 Å². The number of hydrogen-bond donors (Lipinski definition) is 2. The van der Waals surface area contributed by atoms with E-state index in [2.05, 4.69) is 0 Å². The second-order valence-electron chi connectivity index (χ2n) is 2.68. The Morgan fingerprint density at radius 1 is 1.43 bits per heavy atom. The molecule has 76 valence electrons. The van der Waals surface area contributed by atoms with Gasteiger partial charge in [0.25, 0.3) is 5.91 Å². The lowest BCUT2D eigenvalue weighted by Crippen LogP contribution is -2.22. The van der Waals surface area contributed by atoms with Crippen LogP contribution in [0.2, 0.25) is 10.0 Å². The summed E-state index contributed by atoms with van der Waals surface area (Å²) in [7, 11) is 1.21. The molecule has 1 aromatic carbocycles. The number of halogens is 2. The topological polar surface area (TPSA) is 66.6 Å². The van der Waals surface area contributed by atoms with E-state index in [4.69, 9.17) is 34.1 Å². The van der Waals surface area contributed by atoms with Gasteiger partial charge in [-0.2, -0.15) is 0 Å². The van der Waals surface area contributed by atoms with Crippen molar-refractivity contribution < 1.29 is 10.0 Å². The van der Waals surface area contributed by atoms with Gasteiger partial charge in [0, 0.05) is 12.6 Å². The largest absolute Gasteiger partial charge is 0.396 e. The van der Waals surface area contributed by atoms with E-state index in [0.717, 1.165) is 0 Å². The van der Waals surface area contributed by atoms with Crippen molar-refractivity contribution in [3.63, 3.8) is 0 Å². The van der Waals surface area contributed by atoms with Crippen molar-refractivity contribution in [2.24, 2.45) is 0 Å². The van der Waals surface area contributed by atoms with E-state index in [-0.39, 0.29) is 21.3 Å². The third kappa shape index (κ3) is 2.09. The summed E-state index contributed by atoms with van der Waals surface area (Å²) >= 11 is 11.4. The van der Waals surface area contributed by atoms with Crippen LogP contribution in [0.1, 0.15) is 10.4 Å². The van der Waals surface area contributed by atoms with Crippen LogP contribution < -0.4 is 5.73 Å². The highest BCUT2D eigenvalue weighted by Crippen LogP contribution is 2.29. The average molecular weight is 235 g/mol. The predicted molar refractivity (Wildman–Crippen MR) is 54.8 cm³/mol. The van der Waals surface area contributed by atoms with Crippen molar-refractivity contribution in [2.45, 2.75) is 0 Å². The Kier molecular flexibility index (Phi) is 3.21. The Hall–Kier alpha value is -0.970. The van der Waals surface area contributed by atoms with Crippen LogP contribution in [-0.2, 0) is 0 Å². The molecule has 4 nitrogen and oxygen atoms in total. The fourth-order valence-electron chi connectivity index (χ4n) is 0.895. The minimum Gasteiger partial charge on any atom is -0.396 e. The van der Waals surface area contributed by atoms with Crippen LogP contribution in [-0.4, -0.2) is 23.2 Å². The zero-order valence-corrected chi connectivity index (χ0v) is 8.80. The van der Waals surface area contributed by atoms with E-state index in [9.17, 15) is 4.79 Å². The van der Waals surface area contributed by atoms with Crippen molar-refractivity contribution in [2.75, 3.05) is 12.8 Å². The van der Waals surface area contributed by atoms with Gasteiger partial charge in [-0.25, -0.2) is 5.06 Å². The second-order valence-corrected chi connectivity index (χ2v) is 3.50. The van der Waals surface area contributed by atoms with E-state index < -0.39 is 5.91 Å². The molecule has 0 fully saturated rings. The zero-order chi connectivity index (χ0) is 10.9. The molecule has 1 amide bonds.